The number of hydrogen-bond acceptors (Lipinski definition) is 6. The van der Waals surface area contributed by atoms with E-state index in [1.165, 1.54) is 0 Å². The highest BCUT2D eigenvalue weighted by Gasteiger charge is 2.37. The van der Waals surface area contributed by atoms with Gasteiger partial charge >= 0.3 is 6.09 Å². The average molecular weight is 703 g/mol. The van der Waals surface area contributed by atoms with E-state index in [2.05, 4.69) is 10.6 Å². The predicted octanol–water partition coefficient (Wildman–Crippen LogP) is 6.12. The molecule has 0 aromatic heterocycles. The van der Waals surface area contributed by atoms with Gasteiger partial charge in [0, 0.05) is 18.9 Å². The third kappa shape index (κ3) is 13.0. The summed E-state index contributed by atoms with van der Waals surface area (Å²) in [6.45, 7) is 12.1. The van der Waals surface area contributed by atoms with Crippen molar-refractivity contribution in [1.82, 2.24) is 15.5 Å². The van der Waals surface area contributed by atoms with Gasteiger partial charge in [0.05, 0.1) is 12.1 Å². The first-order valence-corrected chi connectivity index (χ1v) is 18.3. The fourth-order valence-electron chi connectivity index (χ4n) is 6.34. The molecule has 0 saturated heterocycles. The number of carbonyl (C=O) groups excluding carboxylic acids is 4. The molecular weight excluding hydrogens is 644 g/mol. The number of carbonyl (C=O) groups is 4. The van der Waals surface area contributed by atoms with Crippen molar-refractivity contribution < 1.29 is 29.0 Å². The van der Waals surface area contributed by atoms with Crippen molar-refractivity contribution in [3.05, 3.63) is 83.9 Å². The molecule has 0 bridgehead atoms. The second-order valence-electron chi connectivity index (χ2n) is 14.5. The molecule has 5 N–H and O–H groups in total. The summed E-state index contributed by atoms with van der Waals surface area (Å²) < 4.78 is 5.51. The van der Waals surface area contributed by atoms with E-state index < -0.39 is 48.1 Å². The molecule has 10 nitrogen and oxygen atoms in total. The molecular formula is C41H58N4O6. The third-order valence-corrected chi connectivity index (χ3v) is 9.07. The smallest absolute Gasteiger partial charge is 0.408 e. The number of aliphatic hydroxyl groups excluding tert-OH is 1. The predicted molar refractivity (Wildman–Crippen MR) is 201 cm³/mol. The van der Waals surface area contributed by atoms with Gasteiger partial charge in [0.25, 0.3) is 0 Å². The summed E-state index contributed by atoms with van der Waals surface area (Å²) in [5, 5.41) is 19.2. The Balaban J connectivity index is 1.95. The highest BCUT2D eigenvalue weighted by molar-refractivity contribution is 5.93. The molecule has 0 aliphatic heterocycles. The lowest BCUT2D eigenvalue weighted by atomic mass is 9.90. The molecule has 3 aromatic rings. The summed E-state index contributed by atoms with van der Waals surface area (Å²) in [4.78, 5) is 55.6. The Morgan fingerprint density at radius 3 is 2.14 bits per heavy atom. The van der Waals surface area contributed by atoms with E-state index in [0.717, 1.165) is 28.3 Å². The van der Waals surface area contributed by atoms with Crippen molar-refractivity contribution in [3.63, 3.8) is 0 Å². The van der Waals surface area contributed by atoms with Gasteiger partial charge in [0.15, 0.2) is 0 Å². The van der Waals surface area contributed by atoms with Gasteiger partial charge in [-0.05, 0) is 53.0 Å². The number of primary amides is 1. The first kappa shape index (κ1) is 41.0. The average Bonchev–Trinajstić information content (AvgIpc) is 3.10. The Bertz CT molecular complexity index is 1560. The van der Waals surface area contributed by atoms with E-state index in [1.54, 1.807) is 11.8 Å². The van der Waals surface area contributed by atoms with Gasteiger partial charge in [-0.25, -0.2) is 4.79 Å². The molecule has 10 heteroatoms. The second kappa shape index (κ2) is 20.4. The van der Waals surface area contributed by atoms with Crippen LogP contribution in [-0.4, -0.2) is 64.6 Å². The molecule has 5 atom stereocenters. The maximum atomic E-state index is 14.6. The van der Waals surface area contributed by atoms with Gasteiger partial charge in [-0.3, -0.25) is 14.4 Å². The lowest BCUT2D eigenvalue weighted by Gasteiger charge is -2.40. The fraction of sp³-hybridized carbons (Fsp3) is 0.512. The van der Waals surface area contributed by atoms with Crippen LogP contribution in [0.3, 0.4) is 0 Å². The number of nitrogens with one attached hydrogen (secondary N) is 2. The number of amides is 4. The summed E-state index contributed by atoms with van der Waals surface area (Å²) >= 11 is 0. The number of nitrogens with zero attached hydrogens (tertiary/aromatic N) is 1. The Hall–Kier alpha value is -4.44. The standard InChI is InChI=1S/C41H58N4O6/c1-7-8-21-34(40(49)45(25-28(4)5)36(22-27(2)3)37(46)23-29(6)38(42)47)43-39(48)35(44-41(50)51-26-30-15-10-9-11-16-30)24-32-19-14-18-31-17-12-13-20-33(31)32/h9-20,27-29,34-37,46H,7-8,21-26H2,1-6H3,(H2,42,47)(H,43,48)(H,44,50)/t29-,34+,35+,36+,37+/m1/s1. The topological polar surface area (TPSA) is 151 Å². The van der Waals surface area contributed by atoms with E-state index >= 15 is 0 Å². The number of aliphatic hydroxyl groups is 1. The first-order chi connectivity index (χ1) is 24.3. The zero-order valence-electron chi connectivity index (χ0n) is 31.1. The number of alkyl carbamates (subject to hydrolysis) is 1. The fourth-order valence-corrected chi connectivity index (χ4v) is 6.34. The third-order valence-electron chi connectivity index (χ3n) is 9.07. The Labute approximate surface area is 303 Å². The number of unbranched alkanes of at least 4 members (excludes halogenated alkanes) is 1. The van der Waals surface area contributed by atoms with Crippen molar-refractivity contribution in [2.75, 3.05) is 6.54 Å². The van der Waals surface area contributed by atoms with Crippen molar-refractivity contribution in [1.29, 1.82) is 0 Å². The molecule has 0 fully saturated rings. The quantitative estimate of drug-likeness (QED) is 0.111. The van der Waals surface area contributed by atoms with Crippen LogP contribution >= 0.6 is 0 Å². The van der Waals surface area contributed by atoms with Crippen LogP contribution in [0.1, 0.15) is 84.8 Å². The molecule has 0 heterocycles. The minimum absolute atomic E-state index is 0.0327. The number of fused-ring (bicyclic) bond motifs is 1. The number of hydrogen-bond donors (Lipinski definition) is 4. The molecule has 0 saturated carbocycles. The first-order valence-electron chi connectivity index (χ1n) is 18.3. The molecule has 0 spiro atoms. The molecule has 0 unspecified atom stereocenters. The van der Waals surface area contributed by atoms with Crippen LogP contribution in [-0.2, 0) is 32.1 Å². The Morgan fingerprint density at radius 2 is 1.49 bits per heavy atom. The van der Waals surface area contributed by atoms with E-state index in [1.807, 2.05) is 107 Å². The molecule has 4 amide bonds. The van der Waals surface area contributed by atoms with Crippen molar-refractivity contribution >= 4 is 34.6 Å². The lowest BCUT2D eigenvalue weighted by Crippen LogP contribution is -2.58. The largest absolute Gasteiger partial charge is 0.445 e. The monoisotopic (exact) mass is 702 g/mol. The van der Waals surface area contributed by atoms with Crippen LogP contribution in [0.5, 0.6) is 0 Å². The molecule has 0 aliphatic rings. The van der Waals surface area contributed by atoms with Gasteiger partial charge in [-0.2, -0.15) is 0 Å². The van der Waals surface area contributed by atoms with Gasteiger partial charge in [-0.15, -0.1) is 0 Å². The van der Waals surface area contributed by atoms with Crippen LogP contribution in [0, 0.1) is 17.8 Å². The summed E-state index contributed by atoms with van der Waals surface area (Å²) in [6, 6.07) is 20.4. The van der Waals surface area contributed by atoms with E-state index in [0.29, 0.717) is 25.8 Å². The second-order valence-corrected chi connectivity index (χ2v) is 14.5. The van der Waals surface area contributed by atoms with Crippen LogP contribution in [0.25, 0.3) is 10.8 Å². The van der Waals surface area contributed by atoms with Crippen LogP contribution in [0.2, 0.25) is 0 Å². The van der Waals surface area contributed by atoms with Gasteiger partial charge < -0.3 is 31.1 Å². The van der Waals surface area contributed by atoms with Crippen molar-refractivity contribution in [2.24, 2.45) is 23.5 Å². The minimum atomic E-state index is -1.05. The summed E-state index contributed by atoms with van der Waals surface area (Å²) in [6.07, 6.45) is 0.862. The van der Waals surface area contributed by atoms with E-state index in [-0.39, 0.29) is 37.2 Å². The number of rotatable bonds is 20. The molecule has 0 radical (unpaired) electrons. The molecule has 0 aliphatic carbocycles. The van der Waals surface area contributed by atoms with Crippen LogP contribution in [0.15, 0.2) is 72.8 Å². The number of ether oxygens (including phenoxy) is 1. The van der Waals surface area contributed by atoms with Crippen molar-refractivity contribution in [3.8, 4) is 0 Å². The highest BCUT2D eigenvalue weighted by atomic mass is 16.5. The van der Waals surface area contributed by atoms with Gasteiger partial charge in [0.2, 0.25) is 17.7 Å². The maximum Gasteiger partial charge on any atom is 0.408 e. The zero-order chi connectivity index (χ0) is 37.5. The van der Waals surface area contributed by atoms with Gasteiger partial charge in [-0.1, -0.05) is 127 Å². The Kier molecular flexibility index (Phi) is 16.4. The number of nitrogens with two attached hydrogens (primary N) is 1. The SMILES string of the molecule is CCCC[C@H](NC(=O)[C@H](Cc1cccc2ccccc12)NC(=O)OCc1ccccc1)C(=O)N(CC(C)C)[C@@H](CC(C)C)[C@@H](O)C[C@@H](C)C(N)=O. The zero-order valence-corrected chi connectivity index (χ0v) is 31.1. The van der Waals surface area contributed by atoms with E-state index in [4.69, 9.17) is 10.5 Å². The molecule has 3 rings (SSSR count). The summed E-state index contributed by atoms with van der Waals surface area (Å²) in [5.41, 5.74) is 7.21. The highest BCUT2D eigenvalue weighted by Crippen LogP contribution is 2.24. The molecule has 3 aromatic carbocycles. The number of benzene rings is 3. The molecule has 278 valence electrons. The Morgan fingerprint density at radius 1 is 0.824 bits per heavy atom. The molecule has 51 heavy (non-hydrogen) atoms. The van der Waals surface area contributed by atoms with Gasteiger partial charge in [0.1, 0.15) is 18.7 Å². The normalized spacial score (nSPS) is 14.4. The summed E-state index contributed by atoms with van der Waals surface area (Å²) in [7, 11) is 0. The van der Waals surface area contributed by atoms with E-state index in [9.17, 15) is 24.3 Å². The maximum absolute atomic E-state index is 14.6. The van der Waals surface area contributed by atoms with Crippen LogP contribution < -0.4 is 16.4 Å². The minimum Gasteiger partial charge on any atom is -0.445 e. The van der Waals surface area contributed by atoms with Crippen LogP contribution in [0.4, 0.5) is 4.79 Å². The summed E-state index contributed by atoms with van der Waals surface area (Å²) in [5.74, 6) is -1.72. The lowest BCUT2D eigenvalue weighted by molar-refractivity contribution is -0.143. The van der Waals surface area contributed by atoms with Crippen molar-refractivity contribution in [2.45, 2.75) is 111 Å².